The van der Waals surface area contributed by atoms with Crippen LogP contribution in [0.1, 0.15) is 44.1 Å². The van der Waals surface area contributed by atoms with Gasteiger partial charge in [0.2, 0.25) is 0 Å². The van der Waals surface area contributed by atoms with Gasteiger partial charge in [-0.15, -0.1) is 0 Å². The summed E-state index contributed by atoms with van der Waals surface area (Å²) in [6.07, 6.45) is 5.66. The van der Waals surface area contributed by atoms with E-state index >= 15 is 0 Å². The lowest BCUT2D eigenvalue weighted by molar-refractivity contribution is -0.130. The van der Waals surface area contributed by atoms with Crippen molar-refractivity contribution in [3.05, 3.63) is 23.8 Å². The molecule has 0 heterocycles. The van der Waals surface area contributed by atoms with E-state index in [4.69, 9.17) is 9.47 Å². The number of rotatable bonds is 5. The molecule has 2 aliphatic carbocycles. The number of carbonyl (C=O) groups excluding carboxylic acids is 1. The molecule has 0 radical (unpaired) electrons. The van der Waals surface area contributed by atoms with Gasteiger partial charge in [0.05, 0.1) is 19.8 Å². The standard InChI is InChI=1S/C17H22O4/c1-20-15-7-6-12(17(11-18)9-13(19)10-17)8-16(15)21-14-4-2-3-5-14/h6-8,14,18H,2-5,9-11H2,1H3. The number of Topliss-reactive ketones (excluding diaryl/α,β-unsaturated/α-hetero) is 1. The molecule has 0 unspecified atom stereocenters. The summed E-state index contributed by atoms with van der Waals surface area (Å²) < 4.78 is 11.5. The number of benzene rings is 1. The molecule has 1 N–H and O–H groups in total. The molecule has 4 nitrogen and oxygen atoms in total. The second-order valence-corrected chi connectivity index (χ2v) is 6.22. The third kappa shape index (κ3) is 2.64. The average molecular weight is 290 g/mol. The minimum absolute atomic E-state index is 0.00601. The lowest BCUT2D eigenvalue weighted by Crippen LogP contribution is -2.44. The molecule has 4 heteroatoms. The Morgan fingerprint density at radius 3 is 2.52 bits per heavy atom. The summed E-state index contributed by atoms with van der Waals surface area (Å²) in [6.45, 7) is -0.00601. The van der Waals surface area contributed by atoms with E-state index in [9.17, 15) is 9.90 Å². The molecule has 0 bridgehead atoms. The van der Waals surface area contributed by atoms with Crippen molar-refractivity contribution in [1.82, 2.24) is 0 Å². The number of aliphatic hydroxyl groups excluding tert-OH is 1. The molecule has 2 aliphatic rings. The molecule has 21 heavy (non-hydrogen) atoms. The Hall–Kier alpha value is -1.55. The number of hydrogen-bond donors (Lipinski definition) is 1. The molecule has 1 aromatic carbocycles. The van der Waals surface area contributed by atoms with E-state index < -0.39 is 5.41 Å². The first kappa shape index (κ1) is 14.4. The molecule has 0 aromatic heterocycles. The molecule has 3 rings (SSSR count). The van der Waals surface area contributed by atoms with E-state index in [2.05, 4.69) is 0 Å². The van der Waals surface area contributed by atoms with Crippen molar-refractivity contribution in [1.29, 1.82) is 0 Å². The number of hydrogen-bond acceptors (Lipinski definition) is 4. The lowest BCUT2D eigenvalue weighted by atomic mass is 9.64. The van der Waals surface area contributed by atoms with Crippen LogP contribution in [0.4, 0.5) is 0 Å². The van der Waals surface area contributed by atoms with Crippen LogP contribution in [0, 0.1) is 0 Å². The van der Waals surface area contributed by atoms with Crippen molar-refractivity contribution in [3.8, 4) is 11.5 Å². The molecular weight excluding hydrogens is 268 g/mol. The van der Waals surface area contributed by atoms with Crippen molar-refractivity contribution >= 4 is 5.78 Å². The largest absolute Gasteiger partial charge is 0.493 e. The summed E-state index contributed by atoms with van der Waals surface area (Å²) in [5.74, 6) is 1.65. The number of methoxy groups -OCH3 is 1. The fourth-order valence-electron chi connectivity index (χ4n) is 3.39. The number of carbonyl (C=O) groups is 1. The van der Waals surface area contributed by atoms with E-state index in [0.717, 1.165) is 24.2 Å². The van der Waals surface area contributed by atoms with Crippen LogP contribution in [0.5, 0.6) is 11.5 Å². The Bertz CT molecular complexity index is 524. The van der Waals surface area contributed by atoms with Gasteiger partial charge < -0.3 is 14.6 Å². The maximum atomic E-state index is 11.4. The highest BCUT2D eigenvalue weighted by molar-refractivity contribution is 5.88. The smallest absolute Gasteiger partial charge is 0.161 e. The van der Waals surface area contributed by atoms with Crippen molar-refractivity contribution in [3.63, 3.8) is 0 Å². The first-order valence-electron chi connectivity index (χ1n) is 7.64. The highest BCUT2D eigenvalue weighted by Gasteiger charge is 2.44. The Morgan fingerprint density at radius 1 is 1.24 bits per heavy atom. The van der Waals surface area contributed by atoms with Gasteiger partial charge >= 0.3 is 0 Å². The van der Waals surface area contributed by atoms with Gasteiger partial charge in [-0.1, -0.05) is 6.07 Å². The van der Waals surface area contributed by atoms with E-state index in [1.54, 1.807) is 7.11 Å². The molecule has 0 atom stereocenters. The monoisotopic (exact) mass is 290 g/mol. The SMILES string of the molecule is COc1ccc(C2(CO)CC(=O)C2)cc1OC1CCCC1. The van der Waals surface area contributed by atoms with Crippen molar-refractivity contribution in [2.45, 2.75) is 50.0 Å². The second-order valence-electron chi connectivity index (χ2n) is 6.22. The van der Waals surface area contributed by atoms with Crippen LogP contribution in [0.25, 0.3) is 0 Å². The van der Waals surface area contributed by atoms with Crippen LogP contribution in [0.15, 0.2) is 18.2 Å². The molecular formula is C17H22O4. The van der Waals surface area contributed by atoms with Crippen molar-refractivity contribution in [2.24, 2.45) is 0 Å². The summed E-state index contributed by atoms with van der Waals surface area (Å²) in [6, 6.07) is 5.75. The maximum absolute atomic E-state index is 11.4. The molecule has 1 aromatic rings. The quantitative estimate of drug-likeness (QED) is 0.905. The van der Waals surface area contributed by atoms with Gasteiger partial charge in [-0.3, -0.25) is 4.79 Å². The van der Waals surface area contributed by atoms with Gasteiger partial charge in [0.1, 0.15) is 5.78 Å². The molecule has 0 saturated heterocycles. The van der Waals surface area contributed by atoms with Gasteiger partial charge in [-0.05, 0) is 43.4 Å². The zero-order valence-corrected chi connectivity index (χ0v) is 12.4. The van der Waals surface area contributed by atoms with E-state index in [-0.39, 0.29) is 18.5 Å². The van der Waals surface area contributed by atoms with E-state index in [1.165, 1.54) is 12.8 Å². The fourth-order valence-corrected chi connectivity index (χ4v) is 3.39. The zero-order chi connectivity index (χ0) is 14.9. The topological polar surface area (TPSA) is 55.8 Å². The summed E-state index contributed by atoms with van der Waals surface area (Å²) in [5, 5.41) is 9.69. The highest BCUT2D eigenvalue weighted by Crippen LogP contribution is 2.44. The zero-order valence-electron chi connectivity index (χ0n) is 12.4. The van der Waals surface area contributed by atoms with Gasteiger partial charge in [0.25, 0.3) is 0 Å². The minimum atomic E-state index is -0.420. The predicted octanol–water partition coefficient (Wildman–Crippen LogP) is 2.61. The van der Waals surface area contributed by atoms with E-state index in [0.29, 0.717) is 18.6 Å². The summed E-state index contributed by atoms with van der Waals surface area (Å²) in [7, 11) is 1.63. The molecule has 114 valence electrons. The van der Waals surface area contributed by atoms with Gasteiger partial charge in [0.15, 0.2) is 11.5 Å². The van der Waals surface area contributed by atoms with E-state index in [1.807, 2.05) is 18.2 Å². The van der Waals surface area contributed by atoms with Gasteiger partial charge in [-0.2, -0.15) is 0 Å². The predicted molar refractivity (Wildman–Crippen MR) is 78.9 cm³/mol. The third-order valence-electron chi connectivity index (χ3n) is 4.75. The van der Waals surface area contributed by atoms with Crippen LogP contribution < -0.4 is 9.47 Å². The molecule has 0 amide bonds. The van der Waals surface area contributed by atoms with Crippen LogP contribution in [-0.2, 0) is 10.2 Å². The van der Waals surface area contributed by atoms with Gasteiger partial charge in [0, 0.05) is 18.3 Å². The van der Waals surface area contributed by atoms with Crippen LogP contribution >= 0.6 is 0 Å². The van der Waals surface area contributed by atoms with Gasteiger partial charge in [-0.25, -0.2) is 0 Å². The Kier molecular flexibility index (Phi) is 3.89. The summed E-state index contributed by atoms with van der Waals surface area (Å²) >= 11 is 0. The minimum Gasteiger partial charge on any atom is -0.493 e. The Labute approximate surface area is 125 Å². The normalized spacial score (nSPS) is 21.1. The second kappa shape index (κ2) is 5.68. The van der Waals surface area contributed by atoms with Crippen molar-refractivity contribution in [2.75, 3.05) is 13.7 Å². The van der Waals surface area contributed by atoms with Crippen LogP contribution in [0.3, 0.4) is 0 Å². The number of aliphatic hydroxyl groups is 1. The van der Waals surface area contributed by atoms with Crippen LogP contribution in [0.2, 0.25) is 0 Å². The first-order valence-corrected chi connectivity index (χ1v) is 7.64. The highest BCUT2D eigenvalue weighted by atomic mass is 16.5. The number of ether oxygens (including phenoxy) is 2. The number of ketones is 1. The molecule has 0 aliphatic heterocycles. The molecule has 2 fully saturated rings. The fraction of sp³-hybridized carbons (Fsp3) is 0.588. The molecule has 2 saturated carbocycles. The Balaban J connectivity index is 1.87. The third-order valence-corrected chi connectivity index (χ3v) is 4.75. The van der Waals surface area contributed by atoms with Crippen molar-refractivity contribution < 1.29 is 19.4 Å². The summed E-state index contributed by atoms with van der Waals surface area (Å²) in [5.41, 5.74) is 0.551. The summed E-state index contributed by atoms with van der Waals surface area (Å²) in [4.78, 5) is 11.4. The Morgan fingerprint density at radius 2 is 1.95 bits per heavy atom. The average Bonchev–Trinajstić information content (AvgIpc) is 2.96. The lowest BCUT2D eigenvalue weighted by Gasteiger charge is -2.39. The first-order chi connectivity index (χ1) is 10.2. The maximum Gasteiger partial charge on any atom is 0.161 e. The molecule has 0 spiro atoms. The van der Waals surface area contributed by atoms with Crippen LogP contribution in [-0.4, -0.2) is 30.7 Å².